The molecule has 1 amide bonds. The van der Waals surface area contributed by atoms with E-state index in [1.165, 1.54) is 0 Å². The minimum Gasteiger partial charge on any atom is -0.366 e. The van der Waals surface area contributed by atoms with Crippen molar-refractivity contribution in [2.45, 2.75) is 0 Å². The van der Waals surface area contributed by atoms with Crippen LogP contribution in [0.3, 0.4) is 0 Å². The summed E-state index contributed by atoms with van der Waals surface area (Å²) in [7, 11) is 0. The molecule has 4 nitrogen and oxygen atoms in total. The van der Waals surface area contributed by atoms with Crippen LogP contribution in [0.25, 0.3) is 5.69 Å². The summed E-state index contributed by atoms with van der Waals surface area (Å²) in [6, 6.07) is 7.09. The topological polar surface area (TPSA) is 60.9 Å². The van der Waals surface area contributed by atoms with Gasteiger partial charge in [-0.2, -0.15) is 5.10 Å². The molecule has 0 aliphatic heterocycles. The molecule has 0 radical (unpaired) electrons. The number of hydrogen-bond acceptors (Lipinski definition) is 2. The van der Waals surface area contributed by atoms with E-state index < -0.39 is 5.91 Å². The van der Waals surface area contributed by atoms with Gasteiger partial charge in [0, 0.05) is 16.9 Å². The van der Waals surface area contributed by atoms with E-state index in [0.717, 1.165) is 4.47 Å². The van der Waals surface area contributed by atoms with Crippen molar-refractivity contribution in [1.29, 1.82) is 0 Å². The van der Waals surface area contributed by atoms with E-state index in [0.29, 0.717) is 11.3 Å². The first-order chi connectivity index (χ1) is 7.18. The standard InChI is InChI=1S/C10H8BrN3O/c11-7-2-3-9(8(6-7)10(12)15)14-5-1-4-13-14/h1-6H,(H2,12,15). The van der Waals surface area contributed by atoms with E-state index in [9.17, 15) is 4.79 Å². The molecular formula is C10H8BrN3O. The molecule has 0 fully saturated rings. The zero-order valence-electron chi connectivity index (χ0n) is 7.72. The lowest BCUT2D eigenvalue weighted by Gasteiger charge is -2.06. The normalized spacial score (nSPS) is 10.2. The van der Waals surface area contributed by atoms with Crippen LogP contribution in [-0.2, 0) is 0 Å². The Kier molecular flexibility index (Phi) is 2.55. The summed E-state index contributed by atoms with van der Waals surface area (Å²) in [5, 5.41) is 4.05. The van der Waals surface area contributed by atoms with Crippen molar-refractivity contribution in [3.05, 3.63) is 46.7 Å². The molecule has 1 aromatic heterocycles. The van der Waals surface area contributed by atoms with Gasteiger partial charge < -0.3 is 5.73 Å². The molecule has 2 aromatic rings. The van der Waals surface area contributed by atoms with Gasteiger partial charge in [0.2, 0.25) is 0 Å². The third-order valence-electron chi connectivity index (χ3n) is 1.98. The molecule has 0 saturated carbocycles. The Balaban J connectivity index is 2.61. The zero-order chi connectivity index (χ0) is 10.8. The Bertz CT molecular complexity index is 493. The first-order valence-corrected chi connectivity index (χ1v) is 5.07. The average molecular weight is 266 g/mol. The average Bonchev–Trinajstić information content (AvgIpc) is 2.70. The quantitative estimate of drug-likeness (QED) is 0.899. The fraction of sp³-hybridized carbons (Fsp3) is 0. The molecule has 0 aliphatic carbocycles. The summed E-state index contributed by atoms with van der Waals surface area (Å²) < 4.78 is 2.42. The predicted molar refractivity (Wildman–Crippen MR) is 59.8 cm³/mol. The van der Waals surface area contributed by atoms with Crippen molar-refractivity contribution < 1.29 is 4.79 Å². The van der Waals surface area contributed by atoms with Gasteiger partial charge in [-0.3, -0.25) is 4.79 Å². The molecule has 0 unspecified atom stereocenters. The summed E-state index contributed by atoms with van der Waals surface area (Å²) in [6.45, 7) is 0. The number of hydrogen-bond donors (Lipinski definition) is 1. The number of amides is 1. The van der Waals surface area contributed by atoms with Crippen LogP contribution in [0.15, 0.2) is 41.1 Å². The number of aromatic nitrogens is 2. The van der Waals surface area contributed by atoms with E-state index in [4.69, 9.17) is 5.73 Å². The van der Waals surface area contributed by atoms with Crippen LogP contribution in [0.4, 0.5) is 0 Å². The van der Waals surface area contributed by atoms with Crippen LogP contribution in [0.2, 0.25) is 0 Å². The van der Waals surface area contributed by atoms with Crippen molar-refractivity contribution in [3.63, 3.8) is 0 Å². The lowest BCUT2D eigenvalue weighted by Crippen LogP contribution is -2.14. The van der Waals surface area contributed by atoms with E-state index in [2.05, 4.69) is 21.0 Å². The van der Waals surface area contributed by atoms with Gasteiger partial charge >= 0.3 is 0 Å². The molecule has 0 atom stereocenters. The Morgan fingerprint density at radius 2 is 2.27 bits per heavy atom. The van der Waals surface area contributed by atoms with E-state index in [1.807, 2.05) is 6.07 Å². The summed E-state index contributed by atoms with van der Waals surface area (Å²) in [4.78, 5) is 11.2. The molecule has 2 N–H and O–H groups in total. The first-order valence-electron chi connectivity index (χ1n) is 4.28. The van der Waals surface area contributed by atoms with E-state index in [-0.39, 0.29) is 0 Å². The van der Waals surface area contributed by atoms with Gasteiger partial charge in [0.1, 0.15) is 0 Å². The fourth-order valence-corrected chi connectivity index (χ4v) is 1.68. The maximum atomic E-state index is 11.2. The third-order valence-corrected chi connectivity index (χ3v) is 2.47. The number of carbonyl (C=O) groups excluding carboxylic acids is 1. The molecule has 76 valence electrons. The molecule has 2 rings (SSSR count). The van der Waals surface area contributed by atoms with Gasteiger partial charge in [-0.05, 0) is 24.3 Å². The highest BCUT2D eigenvalue weighted by Gasteiger charge is 2.10. The highest BCUT2D eigenvalue weighted by Crippen LogP contribution is 2.19. The van der Waals surface area contributed by atoms with Crippen molar-refractivity contribution in [1.82, 2.24) is 9.78 Å². The number of nitrogens with zero attached hydrogens (tertiary/aromatic N) is 2. The molecule has 5 heteroatoms. The maximum Gasteiger partial charge on any atom is 0.250 e. The minimum absolute atomic E-state index is 0.438. The zero-order valence-corrected chi connectivity index (χ0v) is 9.31. The van der Waals surface area contributed by atoms with Crippen LogP contribution in [0.5, 0.6) is 0 Å². The first kappa shape index (κ1) is 9.92. The molecule has 0 aliphatic rings. The van der Waals surface area contributed by atoms with Gasteiger partial charge in [0.25, 0.3) is 5.91 Å². The van der Waals surface area contributed by atoms with Crippen molar-refractivity contribution in [2.75, 3.05) is 0 Å². The summed E-state index contributed by atoms with van der Waals surface area (Å²) in [5.41, 5.74) is 6.40. The van der Waals surface area contributed by atoms with Crippen LogP contribution in [0.1, 0.15) is 10.4 Å². The van der Waals surface area contributed by atoms with Crippen LogP contribution in [-0.4, -0.2) is 15.7 Å². The summed E-state index contributed by atoms with van der Waals surface area (Å²) in [5.74, 6) is -0.471. The SMILES string of the molecule is NC(=O)c1cc(Br)ccc1-n1cccn1. The molecule has 1 heterocycles. The van der Waals surface area contributed by atoms with Crippen LogP contribution in [0, 0.1) is 0 Å². The number of rotatable bonds is 2. The highest BCUT2D eigenvalue weighted by atomic mass is 79.9. The summed E-state index contributed by atoms with van der Waals surface area (Å²) in [6.07, 6.45) is 3.41. The number of nitrogens with two attached hydrogens (primary N) is 1. The predicted octanol–water partition coefficient (Wildman–Crippen LogP) is 1.73. The smallest absolute Gasteiger partial charge is 0.250 e. The molecular weight excluding hydrogens is 258 g/mol. The molecule has 0 spiro atoms. The largest absolute Gasteiger partial charge is 0.366 e. The number of primary amides is 1. The van der Waals surface area contributed by atoms with Crippen LogP contribution >= 0.6 is 15.9 Å². The molecule has 1 aromatic carbocycles. The fourth-order valence-electron chi connectivity index (χ4n) is 1.32. The van der Waals surface area contributed by atoms with Gasteiger partial charge in [0.15, 0.2) is 0 Å². The second-order valence-corrected chi connectivity index (χ2v) is 3.89. The lowest BCUT2D eigenvalue weighted by molar-refractivity contribution is 0.1000. The van der Waals surface area contributed by atoms with Crippen molar-refractivity contribution >= 4 is 21.8 Å². The van der Waals surface area contributed by atoms with Crippen molar-refractivity contribution in [3.8, 4) is 5.69 Å². The number of benzene rings is 1. The van der Waals surface area contributed by atoms with Gasteiger partial charge in [-0.15, -0.1) is 0 Å². The monoisotopic (exact) mass is 265 g/mol. The van der Waals surface area contributed by atoms with Crippen LogP contribution < -0.4 is 5.73 Å². The Hall–Kier alpha value is -1.62. The van der Waals surface area contributed by atoms with Gasteiger partial charge in [-0.25, -0.2) is 4.68 Å². The van der Waals surface area contributed by atoms with E-state index in [1.54, 1.807) is 35.3 Å². The number of carbonyl (C=O) groups is 1. The number of halogens is 1. The van der Waals surface area contributed by atoms with E-state index >= 15 is 0 Å². The Labute approximate surface area is 94.8 Å². The maximum absolute atomic E-state index is 11.2. The van der Waals surface area contributed by atoms with Crippen molar-refractivity contribution in [2.24, 2.45) is 5.73 Å². The second-order valence-electron chi connectivity index (χ2n) is 2.98. The molecule has 0 bridgehead atoms. The highest BCUT2D eigenvalue weighted by molar-refractivity contribution is 9.10. The molecule has 15 heavy (non-hydrogen) atoms. The summed E-state index contributed by atoms with van der Waals surface area (Å²) >= 11 is 3.29. The van der Waals surface area contributed by atoms with Gasteiger partial charge in [-0.1, -0.05) is 15.9 Å². The second kappa shape index (κ2) is 3.86. The third kappa shape index (κ3) is 1.92. The lowest BCUT2D eigenvalue weighted by atomic mass is 10.1. The molecule has 0 saturated heterocycles. The minimum atomic E-state index is -0.471. The Morgan fingerprint density at radius 1 is 1.47 bits per heavy atom. The Morgan fingerprint density at radius 3 is 2.87 bits per heavy atom. The van der Waals surface area contributed by atoms with Gasteiger partial charge in [0.05, 0.1) is 11.3 Å².